The van der Waals surface area contributed by atoms with Crippen LogP contribution >= 0.6 is 0 Å². The summed E-state index contributed by atoms with van der Waals surface area (Å²) in [5.74, 6) is -0.179. The van der Waals surface area contributed by atoms with Crippen molar-refractivity contribution >= 4 is 28.0 Å². The van der Waals surface area contributed by atoms with Crippen molar-refractivity contribution in [2.75, 3.05) is 0 Å². The molecule has 2 aromatic carbocycles. The number of aromatic nitrogens is 4. The van der Waals surface area contributed by atoms with E-state index >= 15 is 0 Å². The lowest BCUT2D eigenvalue weighted by molar-refractivity contribution is -0.137. The smallest absolute Gasteiger partial charge is 0.323 e. The van der Waals surface area contributed by atoms with E-state index in [9.17, 15) is 9.90 Å². The first-order valence-corrected chi connectivity index (χ1v) is 7.28. The van der Waals surface area contributed by atoms with Crippen LogP contribution in [0.15, 0.2) is 54.9 Å². The number of hydrogen-bond donors (Lipinski definition) is 1. The number of carboxylic acid groups (broad SMARTS) is 1. The molecule has 6 nitrogen and oxygen atoms in total. The van der Waals surface area contributed by atoms with Gasteiger partial charge in [0.25, 0.3) is 0 Å². The molecule has 4 rings (SSSR count). The summed E-state index contributed by atoms with van der Waals surface area (Å²) in [6, 6.07) is 15.4. The zero-order valence-electron chi connectivity index (χ0n) is 12.3. The summed E-state index contributed by atoms with van der Waals surface area (Å²) in [6.45, 7) is 0.366. The van der Waals surface area contributed by atoms with Crippen LogP contribution in [0.25, 0.3) is 22.1 Å². The first kappa shape index (κ1) is 13.5. The van der Waals surface area contributed by atoms with Gasteiger partial charge < -0.3 is 14.2 Å². The number of carboxylic acids is 1. The summed E-state index contributed by atoms with van der Waals surface area (Å²) in [4.78, 5) is 20.2. The van der Waals surface area contributed by atoms with Crippen LogP contribution in [0.5, 0.6) is 0 Å². The average molecular weight is 306 g/mol. The Bertz CT molecular complexity index is 1020. The Hall–Kier alpha value is -3.15. The number of imidazole rings is 2. The van der Waals surface area contributed by atoms with Gasteiger partial charge in [-0.25, -0.2) is 9.97 Å². The Morgan fingerprint density at radius 1 is 1.00 bits per heavy atom. The van der Waals surface area contributed by atoms with Gasteiger partial charge in [-0.3, -0.25) is 4.79 Å². The van der Waals surface area contributed by atoms with Gasteiger partial charge in [-0.2, -0.15) is 0 Å². The second-order valence-corrected chi connectivity index (χ2v) is 5.36. The van der Waals surface area contributed by atoms with Crippen LogP contribution in [0.4, 0.5) is 0 Å². The van der Waals surface area contributed by atoms with E-state index in [0.717, 1.165) is 22.1 Å². The largest absolute Gasteiger partial charge is 0.480 e. The van der Waals surface area contributed by atoms with Crippen molar-refractivity contribution in [3.63, 3.8) is 0 Å². The van der Waals surface area contributed by atoms with Gasteiger partial charge in [0, 0.05) is 0 Å². The maximum Gasteiger partial charge on any atom is 0.323 e. The van der Waals surface area contributed by atoms with E-state index in [1.807, 2.05) is 53.1 Å². The van der Waals surface area contributed by atoms with E-state index in [-0.39, 0.29) is 6.54 Å². The van der Waals surface area contributed by atoms with Crippen molar-refractivity contribution < 1.29 is 9.90 Å². The van der Waals surface area contributed by atoms with Crippen molar-refractivity contribution in [2.24, 2.45) is 0 Å². The summed E-state index contributed by atoms with van der Waals surface area (Å²) in [7, 11) is 0. The number of nitrogens with zero attached hydrogens (tertiary/aromatic N) is 4. The highest BCUT2D eigenvalue weighted by Gasteiger charge is 2.14. The van der Waals surface area contributed by atoms with Crippen LogP contribution < -0.4 is 0 Å². The molecule has 6 heteroatoms. The maximum atomic E-state index is 11.2. The minimum atomic E-state index is -0.884. The number of aliphatic carboxylic acids is 1. The summed E-state index contributed by atoms with van der Waals surface area (Å²) < 4.78 is 3.72. The first-order valence-electron chi connectivity index (χ1n) is 7.28. The van der Waals surface area contributed by atoms with Crippen LogP contribution in [0.2, 0.25) is 0 Å². The molecule has 2 aromatic heterocycles. The Morgan fingerprint density at radius 3 is 2.48 bits per heavy atom. The van der Waals surface area contributed by atoms with Crippen LogP contribution in [-0.4, -0.2) is 30.2 Å². The number of para-hydroxylation sites is 4. The van der Waals surface area contributed by atoms with Gasteiger partial charge in [0.2, 0.25) is 0 Å². The topological polar surface area (TPSA) is 72.9 Å². The third kappa shape index (κ3) is 2.34. The quantitative estimate of drug-likeness (QED) is 0.629. The molecular formula is C17H14N4O2. The fourth-order valence-electron chi connectivity index (χ4n) is 2.85. The van der Waals surface area contributed by atoms with E-state index in [2.05, 4.69) is 9.97 Å². The van der Waals surface area contributed by atoms with E-state index in [1.165, 1.54) is 0 Å². The molecule has 0 spiro atoms. The Kier molecular flexibility index (Phi) is 3.08. The summed E-state index contributed by atoms with van der Waals surface area (Å²) in [6.07, 6.45) is 1.76. The van der Waals surface area contributed by atoms with E-state index in [4.69, 9.17) is 0 Å². The molecule has 0 aliphatic heterocycles. The molecule has 0 saturated heterocycles. The first-order chi connectivity index (χ1) is 11.2. The summed E-state index contributed by atoms with van der Waals surface area (Å²) in [5, 5.41) is 9.20. The van der Waals surface area contributed by atoms with Crippen molar-refractivity contribution in [1.29, 1.82) is 0 Å². The summed E-state index contributed by atoms with van der Waals surface area (Å²) >= 11 is 0. The molecule has 1 N–H and O–H groups in total. The van der Waals surface area contributed by atoms with E-state index < -0.39 is 5.97 Å². The molecule has 0 aliphatic rings. The zero-order chi connectivity index (χ0) is 15.8. The second kappa shape index (κ2) is 5.24. The molecule has 0 unspecified atom stereocenters. The fraction of sp³-hybridized carbons (Fsp3) is 0.118. The van der Waals surface area contributed by atoms with Crippen LogP contribution in [0.1, 0.15) is 5.82 Å². The average Bonchev–Trinajstić information content (AvgIpc) is 3.10. The number of carbonyl (C=O) groups is 1. The lowest BCUT2D eigenvalue weighted by Crippen LogP contribution is -2.14. The number of hydrogen-bond acceptors (Lipinski definition) is 3. The molecule has 0 saturated carbocycles. The van der Waals surface area contributed by atoms with Crippen molar-refractivity contribution in [1.82, 2.24) is 19.1 Å². The Balaban J connectivity index is 1.83. The Labute approximate surface area is 131 Å². The van der Waals surface area contributed by atoms with Gasteiger partial charge in [-0.05, 0) is 24.3 Å². The lowest BCUT2D eigenvalue weighted by Gasteiger charge is -2.08. The van der Waals surface area contributed by atoms with Crippen molar-refractivity contribution in [3.8, 4) is 0 Å². The number of fused-ring (bicyclic) bond motifs is 2. The van der Waals surface area contributed by atoms with E-state index in [1.54, 1.807) is 10.9 Å². The molecular weight excluding hydrogens is 292 g/mol. The van der Waals surface area contributed by atoms with Gasteiger partial charge in [0.05, 0.1) is 34.9 Å². The molecule has 0 aliphatic carbocycles. The standard InChI is InChI=1S/C17H14N4O2/c22-17(23)10-21-15-8-4-2-6-13(15)19-16(21)9-20-11-18-12-5-1-3-7-14(12)20/h1-8,11H,9-10H2,(H,22,23). The normalized spacial score (nSPS) is 11.3. The SMILES string of the molecule is O=C(O)Cn1c(Cn2cnc3ccccc32)nc2ccccc21. The van der Waals surface area contributed by atoms with Crippen LogP contribution in [0.3, 0.4) is 0 Å². The molecule has 0 bridgehead atoms. The second-order valence-electron chi connectivity index (χ2n) is 5.36. The van der Waals surface area contributed by atoms with Crippen LogP contribution in [0, 0.1) is 0 Å². The third-order valence-electron chi connectivity index (χ3n) is 3.87. The van der Waals surface area contributed by atoms with Crippen molar-refractivity contribution in [2.45, 2.75) is 13.1 Å². The highest BCUT2D eigenvalue weighted by Crippen LogP contribution is 2.19. The molecule has 114 valence electrons. The Morgan fingerprint density at radius 2 is 1.70 bits per heavy atom. The minimum Gasteiger partial charge on any atom is -0.480 e. The van der Waals surface area contributed by atoms with Gasteiger partial charge in [0.1, 0.15) is 12.4 Å². The van der Waals surface area contributed by atoms with Crippen LogP contribution in [-0.2, 0) is 17.9 Å². The predicted octanol–water partition coefficient (Wildman–Crippen LogP) is 2.52. The van der Waals surface area contributed by atoms with Gasteiger partial charge >= 0.3 is 5.97 Å². The minimum absolute atomic E-state index is 0.109. The molecule has 0 amide bonds. The maximum absolute atomic E-state index is 11.2. The molecule has 23 heavy (non-hydrogen) atoms. The van der Waals surface area contributed by atoms with Crippen molar-refractivity contribution in [3.05, 3.63) is 60.7 Å². The number of rotatable bonds is 4. The molecule has 0 fully saturated rings. The third-order valence-corrected chi connectivity index (χ3v) is 3.87. The molecule has 0 atom stereocenters. The van der Waals surface area contributed by atoms with Gasteiger partial charge in [0.15, 0.2) is 0 Å². The monoisotopic (exact) mass is 306 g/mol. The number of benzene rings is 2. The van der Waals surface area contributed by atoms with Gasteiger partial charge in [-0.15, -0.1) is 0 Å². The predicted molar refractivity (Wildman–Crippen MR) is 86.2 cm³/mol. The lowest BCUT2D eigenvalue weighted by atomic mass is 10.3. The fourth-order valence-corrected chi connectivity index (χ4v) is 2.85. The highest BCUT2D eigenvalue weighted by molar-refractivity contribution is 5.79. The van der Waals surface area contributed by atoms with Gasteiger partial charge in [-0.1, -0.05) is 24.3 Å². The molecule has 4 aromatic rings. The highest BCUT2D eigenvalue weighted by atomic mass is 16.4. The molecule has 0 radical (unpaired) electrons. The summed E-state index contributed by atoms with van der Waals surface area (Å²) in [5.41, 5.74) is 3.54. The molecule has 2 heterocycles. The zero-order valence-corrected chi connectivity index (χ0v) is 12.3. The van der Waals surface area contributed by atoms with E-state index in [0.29, 0.717) is 12.4 Å².